The maximum atomic E-state index is 12.9. The predicted octanol–water partition coefficient (Wildman–Crippen LogP) is 5.03. The fourth-order valence-corrected chi connectivity index (χ4v) is 5.67. The van der Waals surface area contributed by atoms with Crippen molar-refractivity contribution in [1.29, 1.82) is 0 Å². The van der Waals surface area contributed by atoms with Gasteiger partial charge in [-0.05, 0) is 61.3 Å². The van der Waals surface area contributed by atoms with E-state index in [9.17, 15) is 19.5 Å². The number of fused-ring (bicyclic) bond motifs is 1. The minimum absolute atomic E-state index is 0.139. The number of likely N-dealkylation sites (tertiary alicyclic amines) is 1. The summed E-state index contributed by atoms with van der Waals surface area (Å²) in [5.74, 6) is 0.187. The van der Waals surface area contributed by atoms with Gasteiger partial charge in [0, 0.05) is 32.0 Å². The number of carboxylic acids is 1. The van der Waals surface area contributed by atoms with Crippen LogP contribution in [-0.4, -0.2) is 51.8 Å². The first kappa shape index (κ1) is 26.7. The Kier molecular flexibility index (Phi) is 9.58. The van der Waals surface area contributed by atoms with Crippen LogP contribution in [-0.2, 0) is 27.5 Å². The molecule has 1 saturated heterocycles. The Bertz CT molecular complexity index is 1040. The summed E-state index contributed by atoms with van der Waals surface area (Å²) < 4.78 is 5.81. The van der Waals surface area contributed by atoms with Crippen LogP contribution >= 0.6 is 0 Å². The predicted molar refractivity (Wildman–Crippen MR) is 141 cm³/mol. The second-order valence-electron chi connectivity index (χ2n) is 10.3. The van der Waals surface area contributed by atoms with Crippen molar-refractivity contribution < 1.29 is 24.2 Å². The summed E-state index contributed by atoms with van der Waals surface area (Å²) in [7, 11) is 0. The van der Waals surface area contributed by atoms with E-state index >= 15 is 0 Å². The van der Waals surface area contributed by atoms with Crippen molar-refractivity contribution in [3.8, 4) is 5.75 Å². The largest absolute Gasteiger partial charge is 0.489 e. The van der Waals surface area contributed by atoms with E-state index in [2.05, 4.69) is 4.90 Å². The summed E-state index contributed by atoms with van der Waals surface area (Å²) in [6.45, 7) is 1.12. The molecule has 37 heavy (non-hydrogen) atoms. The summed E-state index contributed by atoms with van der Waals surface area (Å²) >= 11 is 0. The second kappa shape index (κ2) is 13.3. The number of nitrogens with zero attached hydrogens (tertiary/aromatic N) is 2. The molecule has 2 aromatic carbocycles. The van der Waals surface area contributed by atoms with Gasteiger partial charge in [-0.1, -0.05) is 55.3 Å². The zero-order valence-corrected chi connectivity index (χ0v) is 21.5. The Hall–Kier alpha value is -3.35. The van der Waals surface area contributed by atoms with Crippen LogP contribution in [0.5, 0.6) is 5.75 Å². The molecule has 2 aromatic rings. The van der Waals surface area contributed by atoms with Crippen molar-refractivity contribution in [3.63, 3.8) is 0 Å². The van der Waals surface area contributed by atoms with Gasteiger partial charge >= 0.3 is 5.97 Å². The molecule has 0 bridgehead atoms. The third-order valence-electron chi connectivity index (χ3n) is 7.57. The number of hydrogen-bond donors (Lipinski definition) is 1. The number of piperidine rings is 1. The first-order valence-electron chi connectivity index (χ1n) is 13.5. The Morgan fingerprint density at radius 2 is 1.62 bits per heavy atom. The number of aliphatic carboxylic acids is 1. The number of rotatable bonds is 11. The molecule has 2 unspecified atom stereocenters. The molecular formula is C30H38N2O5. The standard InChI is InChI=1S/C30H38N2O5/c33-28(13-6-14-29(34)32-19-7-11-25-10-4-5-12-27(25)32)31(21-30(35)36)20-23-15-17-26(18-16-23)37-22-24-8-2-1-3-9-24/h1-3,8-9,15-18,25,27H,4-7,10-14,19-22H2,(H,35,36). The highest BCUT2D eigenvalue weighted by molar-refractivity contribution is 5.82. The number of carbonyl (C=O) groups is 3. The molecule has 1 heterocycles. The highest BCUT2D eigenvalue weighted by atomic mass is 16.5. The molecule has 1 aliphatic carbocycles. The molecule has 7 nitrogen and oxygen atoms in total. The van der Waals surface area contributed by atoms with Gasteiger partial charge in [0.25, 0.3) is 0 Å². The number of benzene rings is 2. The molecule has 4 rings (SSSR count). The van der Waals surface area contributed by atoms with E-state index in [0.717, 1.165) is 30.5 Å². The lowest BCUT2D eigenvalue weighted by atomic mass is 9.78. The summed E-state index contributed by atoms with van der Waals surface area (Å²) in [5.41, 5.74) is 1.90. The van der Waals surface area contributed by atoms with Crippen molar-refractivity contribution in [1.82, 2.24) is 9.80 Å². The molecule has 2 aliphatic rings. The van der Waals surface area contributed by atoms with Gasteiger partial charge in [0.1, 0.15) is 18.9 Å². The van der Waals surface area contributed by atoms with Gasteiger partial charge in [0.2, 0.25) is 11.8 Å². The van der Waals surface area contributed by atoms with Crippen LogP contribution in [0.2, 0.25) is 0 Å². The van der Waals surface area contributed by atoms with E-state index in [1.807, 2.05) is 54.6 Å². The lowest BCUT2D eigenvalue weighted by molar-refractivity contribution is -0.145. The van der Waals surface area contributed by atoms with Gasteiger partial charge in [-0.3, -0.25) is 14.4 Å². The molecule has 2 fully saturated rings. The maximum absolute atomic E-state index is 12.9. The molecular weight excluding hydrogens is 468 g/mol. The highest BCUT2D eigenvalue weighted by Gasteiger charge is 2.35. The van der Waals surface area contributed by atoms with Crippen LogP contribution < -0.4 is 4.74 Å². The molecule has 1 saturated carbocycles. The van der Waals surface area contributed by atoms with E-state index in [1.165, 1.54) is 30.6 Å². The zero-order chi connectivity index (χ0) is 26.0. The molecule has 7 heteroatoms. The third kappa shape index (κ3) is 7.81. The van der Waals surface area contributed by atoms with E-state index in [0.29, 0.717) is 37.2 Å². The summed E-state index contributed by atoms with van der Waals surface area (Å²) in [6.07, 6.45) is 7.99. The third-order valence-corrected chi connectivity index (χ3v) is 7.57. The lowest BCUT2D eigenvalue weighted by Crippen LogP contribution is -2.49. The Morgan fingerprint density at radius 3 is 2.38 bits per heavy atom. The van der Waals surface area contributed by atoms with Crippen molar-refractivity contribution in [2.75, 3.05) is 13.1 Å². The SMILES string of the molecule is O=C(O)CN(Cc1ccc(OCc2ccccc2)cc1)C(=O)CCCC(=O)N1CCCC2CCCCC21. The van der Waals surface area contributed by atoms with Crippen LogP contribution in [0.4, 0.5) is 0 Å². The van der Waals surface area contributed by atoms with Crippen molar-refractivity contribution in [2.24, 2.45) is 5.92 Å². The quantitative estimate of drug-likeness (QED) is 0.462. The molecule has 1 N–H and O–H groups in total. The molecule has 0 spiro atoms. The fourth-order valence-electron chi connectivity index (χ4n) is 5.67. The minimum Gasteiger partial charge on any atom is -0.489 e. The first-order valence-corrected chi connectivity index (χ1v) is 13.5. The number of carboxylic acid groups (broad SMARTS) is 1. The van der Waals surface area contributed by atoms with E-state index < -0.39 is 5.97 Å². The Balaban J connectivity index is 1.26. The Labute approximate surface area is 219 Å². The molecule has 2 atom stereocenters. The molecule has 2 amide bonds. The van der Waals surface area contributed by atoms with Gasteiger partial charge in [-0.25, -0.2) is 0 Å². The Morgan fingerprint density at radius 1 is 0.892 bits per heavy atom. The maximum Gasteiger partial charge on any atom is 0.323 e. The van der Waals surface area contributed by atoms with Crippen molar-refractivity contribution >= 4 is 17.8 Å². The lowest BCUT2D eigenvalue weighted by Gasteiger charge is -2.44. The van der Waals surface area contributed by atoms with Gasteiger partial charge < -0.3 is 19.6 Å². The smallest absolute Gasteiger partial charge is 0.323 e. The van der Waals surface area contributed by atoms with Crippen LogP contribution in [0.25, 0.3) is 0 Å². The molecule has 1 aliphatic heterocycles. The van der Waals surface area contributed by atoms with Crippen molar-refractivity contribution in [3.05, 3.63) is 65.7 Å². The molecule has 198 valence electrons. The first-order chi connectivity index (χ1) is 18.0. The van der Waals surface area contributed by atoms with Crippen LogP contribution in [0.15, 0.2) is 54.6 Å². The highest BCUT2D eigenvalue weighted by Crippen LogP contribution is 2.35. The van der Waals surface area contributed by atoms with Gasteiger partial charge in [-0.2, -0.15) is 0 Å². The van der Waals surface area contributed by atoms with E-state index in [1.54, 1.807) is 0 Å². The summed E-state index contributed by atoms with van der Waals surface area (Å²) in [5, 5.41) is 9.35. The summed E-state index contributed by atoms with van der Waals surface area (Å²) in [4.78, 5) is 40.7. The monoisotopic (exact) mass is 506 g/mol. The average molecular weight is 507 g/mol. The number of amides is 2. The molecule has 0 aromatic heterocycles. The van der Waals surface area contributed by atoms with Gasteiger partial charge in [0.05, 0.1) is 0 Å². The van der Waals surface area contributed by atoms with Gasteiger partial charge in [-0.15, -0.1) is 0 Å². The second-order valence-corrected chi connectivity index (χ2v) is 10.3. The fraction of sp³-hybridized carbons (Fsp3) is 0.500. The average Bonchev–Trinajstić information content (AvgIpc) is 2.92. The number of carbonyl (C=O) groups excluding carboxylic acids is 2. The van der Waals surface area contributed by atoms with E-state index in [-0.39, 0.29) is 31.3 Å². The zero-order valence-electron chi connectivity index (χ0n) is 21.5. The number of ether oxygens (including phenoxy) is 1. The normalized spacial score (nSPS) is 19.1. The molecule has 0 radical (unpaired) electrons. The van der Waals surface area contributed by atoms with Crippen LogP contribution in [0, 0.1) is 5.92 Å². The van der Waals surface area contributed by atoms with Crippen LogP contribution in [0.3, 0.4) is 0 Å². The van der Waals surface area contributed by atoms with Gasteiger partial charge in [0.15, 0.2) is 0 Å². The van der Waals surface area contributed by atoms with E-state index in [4.69, 9.17) is 4.74 Å². The topological polar surface area (TPSA) is 87.1 Å². The number of hydrogen-bond acceptors (Lipinski definition) is 4. The minimum atomic E-state index is -1.05. The summed E-state index contributed by atoms with van der Waals surface area (Å²) in [6, 6.07) is 17.6. The van der Waals surface area contributed by atoms with Crippen molar-refractivity contribution in [2.45, 2.75) is 77.0 Å². The van der Waals surface area contributed by atoms with Crippen LogP contribution in [0.1, 0.15) is 68.9 Å².